The van der Waals surface area contributed by atoms with E-state index in [2.05, 4.69) is 12.2 Å². The van der Waals surface area contributed by atoms with Gasteiger partial charge in [-0.15, -0.1) is 0 Å². The Balaban J connectivity index is 2.11. The van der Waals surface area contributed by atoms with Crippen molar-refractivity contribution in [1.29, 1.82) is 0 Å². The van der Waals surface area contributed by atoms with E-state index >= 15 is 0 Å². The van der Waals surface area contributed by atoms with Crippen molar-refractivity contribution in [2.45, 2.75) is 19.8 Å². The van der Waals surface area contributed by atoms with E-state index in [1.165, 1.54) is 7.11 Å². The molecule has 0 aromatic heterocycles. The number of methoxy groups -OCH3 is 2. The Labute approximate surface area is 160 Å². The van der Waals surface area contributed by atoms with Crippen LogP contribution in [-0.4, -0.2) is 44.5 Å². The maximum absolute atomic E-state index is 12.5. The average Bonchev–Trinajstić information content (AvgIpc) is 2.71. The molecule has 0 saturated carbocycles. The second-order valence-corrected chi connectivity index (χ2v) is 6.18. The maximum atomic E-state index is 12.5. The number of carbonyl (C=O) groups is 2. The Morgan fingerprint density at radius 3 is 2.26 bits per heavy atom. The summed E-state index contributed by atoms with van der Waals surface area (Å²) in [4.78, 5) is 26.6. The van der Waals surface area contributed by atoms with Crippen LogP contribution in [0, 0.1) is 0 Å². The normalized spacial score (nSPS) is 10.2. The number of hydrogen-bond donors (Lipinski definition) is 1. The molecule has 0 heterocycles. The zero-order valence-electron chi connectivity index (χ0n) is 16.2. The first-order valence-electron chi connectivity index (χ1n) is 8.89. The van der Waals surface area contributed by atoms with Crippen molar-refractivity contribution in [3.63, 3.8) is 0 Å². The van der Waals surface area contributed by atoms with Gasteiger partial charge in [0.1, 0.15) is 11.5 Å². The standard InChI is InChI=1S/C21H26N2O4/c1-5-6-13-23(2)21(25)16-9-7-15(8-10-16)20(24)22-18-14-17(26-3)11-12-19(18)27-4/h7-12,14H,5-6,13H2,1-4H3,(H,22,24). The van der Waals surface area contributed by atoms with Crippen LogP contribution < -0.4 is 14.8 Å². The largest absolute Gasteiger partial charge is 0.497 e. The molecule has 2 aromatic carbocycles. The van der Waals surface area contributed by atoms with E-state index < -0.39 is 0 Å². The van der Waals surface area contributed by atoms with Gasteiger partial charge in [-0.05, 0) is 42.8 Å². The molecule has 2 aromatic rings. The molecule has 144 valence electrons. The lowest BCUT2D eigenvalue weighted by Gasteiger charge is -2.17. The average molecular weight is 370 g/mol. The number of anilines is 1. The van der Waals surface area contributed by atoms with E-state index in [-0.39, 0.29) is 11.8 Å². The number of nitrogens with zero attached hydrogens (tertiary/aromatic N) is 1. The number of amides is 2. The minimum Gasteiger partial charge on any atom is -0.497 e. The van der Waals surface area contributed by atoms with E-state index in [1.807, 2.05) is 0 Å². The summed E-state index contributed by atoms with van der Waals surface area (Å²) in [5.41, 5.74) is 1.53. The first kappa shape index (κ1) is 20.3. The zero-order chi connectivity index (χ0) is 19.8. The van der Waals surface area contributed by atoms with Gasteiger partial charge in [0, 0.05) is 30.8 Å². The number of benzene rings is 2. The van der Waals surface area contributed by atoms with Crippen LogP contribution in [-0.2, 0) is 0 Å². The molecule has 6 heteroatoms. The predicted octanol–water partition coefficient (Wildman–Crippen LogP) is 3.83. The van der Waals surface area contributed by atoms with Gasteiger partial charge in [0.15, 0.2) is 0 Å². The third kappa shape index (κ3) is 5.23. The van der Waals surface area contributed by atoms with Crippen molar-refractivity contribution >= 4 is 17.5 Å². The number of unbranched alkanes of at least 4 members (excludes halogenated alkanes) is 1. The first-order valence-corrected chi connectivity index (χ1v) is 8.89. The molecule has 6 nitrogen and oxygen atoms in total. The molecular formula is C21H26N2O4. The van der Waals surface area contributed by atoms with E-state index in [1.54, 1.807) is 61.5 Å². The van der Waals surface area contributed by atoms with E-state index in [9.17, 15) is 9.59 Å². The highest BCUT2D eigenvalue weighted by Gasteiger charge is 2.14. The fourth-order valence-electron chi connectivity index (χ4n) is 2.59. The molecule has 0 fully saturated rings. The summed E-state index contributed by atoms with van der Waals surface area (Å²) in [6, 6.07) is 11.8. The molecule has 1 N–H and O–H groups in total. The monoisotopic (exact) mass is 370 g/mol. The van der Waals surface area contributed by atoms with E-state index in [0.29, 0.717) is 34.9 Å². The van der Waals surface area contributed by atoms with Gasteiger partial charge in [-0.2, -0.15) is 0 Å². The summed E-state index contributed by atoms with van der Waals surface area (Å²) in [5.74, 6) is 0.806. The molecule has 0 aliphatic rings. The third-order valence-electron chi connectivity index (χ3n) is 4.24. The van der Waals surface area contributed by atoms with Gasteiger partial charge in [0.2, 0.25) is 0 Å². The molecule has 0 bridgehead atoms. The highest BCUT2D eigenvalue weighted by molar-refractivity contribution is 6.05. The van der Waals surface area contributed by atoms with Crippen molar-refractivity contribution in [2.75, 3.05) is 33.1 Å². The Hall–Kier alpha value is -3.02. The Morgan fingerprint density at radius 2 is 1.67 bits per heavy atom. The molecule has 27 heavy (non-hydrogen) atoms. The van der Waals surface area contributed by atoms with Crippen molar-refractivity contribution < 1.29 is 19.1 Å². The quantitative estimate of drug-likeness (QED) is 0.767. The molecule has 0 unspecified atom stereocenters. The van der Waals surface area contributed by atoms with Crippen molar-refractivity contribution in [3.8, 4) is 11.5 Å². The lowest BCUT2D eigenvalue weighted by Crippen LogP contribution is -2.27. The zero-order valence-corrected chi connectivity index (χ0v) is 16.2. The number of nitrogens with one attached hydrogen (secondary N) is 1. The topological polar surface area (TPSA) is 67.9 Å². The van der Waals surface area contributed by atoms with Crippen LogP contribution in [0.4, 0.5) is 5.69 Å². The van der Waals surface area contributed by atoms with Crippen molar-refractivity contribution in [2.24, 2.45) is 0 Å². The minimum absolute atomic E-state index is 0.0510. The van der Waals surface area contributed by atoms with Crippen LogP contribution >= 0.6 is 0 Å². The smallest absolute Gasteiger partial charge is 0.255 e. The fourth-order valence-corrected chi connectivity index (χ4v) is 2.59. The Kier molecular flexibility index (Phi) is 7.23. The summed E-state index contributed by atoms with van der Waals surface area (Å²) in [5, 5.41) is 2.81. The van der Waals surface area contributed by atoms with Crippen LogP contribution in [0.25, 0.3) is 0 Å². The van der Waals surface area contributed by atoms with Gasteiger partial charge in [0.05, 0.1) is 19.9 Å². The van der Waals surface area contributed by atoms with Gasteiger partial charge in [-0.25, -0.2) is 0 Å². The highest BCUT2D eigenvalue weighted by atomic mass is 16.5. The van der Waals surface area contributed by atoms with Crippen molar-refractivity contribution in [3.05, 3.63) is 53.6 Å². The van der Waals surface area contributed by atoms with Gasteiger partial charge >= 0.3 is 0 Å². The molecule has 0 aliphatic carbocycles. The van der Waals surface area contributed by atoms with E-state index in [4.69, 9.17) is 9.47 Å². The Bertz CT molecular complexity index is 787. The third-order valence-corrected chi connectivity index (χ3v) is 4.24. The molecular weight excluding hydrogens is 344 g/mol. The lowest BCUT2D eigenvalue weighted by molar-refractivity contribution is 0.0792. The molecule has 0 saturated heterocycles. The molecule has 0 spiro atoms. The summed E-state index contributed by atoms with van der Waals surface area (Å²) >= 11 is 0. The van der Waals surface area contributed by atoms with Gasteiger partial charge in [-0.1, -0.05) is 13.3 Å². The van der Waals surface area contributed by atoms with E-state index in [0.717, 1.165) is 12.8 Å². The summed E-state index contributed by atoms with van der Waals surface area (Å²) in [7, 11) is 4.88. The number of hydrogen-bond acceptors (Lipinski definition) is 4. The minimum atomic E-state index is -0.292. The fraction of sp³-hybridized carbons (Fsp3) is 0.333. The van der Waals surface area contributed by atoms with Crippen molar-refractivity contribution in [1.82, 2.24) is 4.90 Å². The number of ether oxygens (including phenoxy) is 2. The van der Waals surface area contributed by atoms with Gasteiger partial charge in [-0.3, -0.25) is 9.59 Å². The highest BCUT2D eigenvalue weighted by Crippen LogP contribution is 2.29. The summed E-state index contributed by atoms with van der Waals surface area (Å²) < 4.78 is 10.5. The number of carbonyl (C=O) groups excluding carboxylic acids is 2. The molecule has 0 radical (unpaired) electrons. The van der Waals surface area contributed by atoms with Crippen LogP contribution in [0.2, 0.25) is 0 Å². The van der Waals surface area contributed by atoms with Gasteiger partial charge in [0.25, 0.3) is 11.8 Å². The predicted molar refractivity (Wildman–Crippen MR) is 106 cm³/mol. The van der Waals surface area contributed by atoms with Gasteiger partial charge < -0.3 is 19.7 Å². The Morgan fingerprint density at radius 1 is 1.00 bits per heavy atom. The van der Waals surface area contributed by atoms with Crippen LogP contribution in [0.3, 0.4) is 0 Å². The maximum Gasteiger partial charge on any atom is 0.255 e. The van der Waals surface area contributed by atoms with Crippen LogP contribution in [0.1, 0.15) is 40.5 Å². The lowest BCUT2D eigenvalue weighted by atomic mass is 10.1. The molecule has 2 rings (SSSR count). The second kappa shape index (κ2) is 9.62. The first-order chi connectivity index (χ1) is 13.0. The summed E-state index contributed by atoms with van der Waals surface area (Å²) in [6.07, 6.45) is 2.00. The molecule has 0 atom stereocenters. The molecule has 0 aliphatic heterocycles. The molecule has 2 amide bonds. The summed E-state index contributed by atoms with van der Waals surface area (Å²) in [6.45, 7) is 2.80. The SMILES string of the molecule is CCCCN(C)C(=O)c1ccc(C(=O)Nc2cc(OC)ccc2OC)cc1. The van der Waals surface area contributed by atoms with Crippen LogP contribution in [0.5, 0.6) is 11.5 Å². The second-order valence-electron chi connectivity index (χ2n) is 6.18. The van der Waals surface area contributed by atoms with Crippen LogP contribution in [0.15, 0.2) is 42.5 Å². The number of rotatable bonds is 8.